The number of likely N-dealkylation sites (tertiary alicyclic amines) is 1. The molecule has 1 aromatic rings. The average Bonchev–Trinajstić information content (AvgIpc) is 2.77. The summed E-state index contributed by atoms with van der Waals surface area (Å²) in [5, 5.41) is 2.37. The lowest BCUT2D eigenvalue weighted by molar-refractivity contribution is -0.139. The molecule has 6 nitrogen and oxygen atoms in total. The number of carbonyl (C=O) groups is 3. The summed E-state index contributed by atoms with van der Waals surface area (Å²) < 4.78 is 42.7. The van der Waals surface area contributed by atoms with E-state index in [1.807, 2.05) is 0 Å². The van der Waals surface area contributed by atoms with Gasteiger partial charge in [0.2, 0.25) is 5.91 Å². The zero-order chi connectivity index (χ0) is 20.4. The van der Waals surface area contributed by atoms with E-state index in [2.05, 4.69) is 5.32 Å². The van der Waals surface area contributed by atoms with Crippen LogP contribution in [0.5, 0.6) is 0 Å². The topological polar surface area (TPSA) is 75.7 Å². The van der Waals surface area contributed by atoms with Crippen LogP contribution in [-0.2, 0) is 26.9 Å². The van der Waals surface area contributed by atoms with Crippen molar-refractivity contribution < 1.29 is 32.3 Å². The Balaban J connectivity index is 1.93. The highest BCUT2D eigenvalue weighted by molar-refractivity contribution is 6.06. The first kappa shape index (κ1) is 20.7. The van der Waals surface area contributed by atoms with E-state index in [1.54, 1.807) is 20.8 Å². The Kier molecular flexibility index (Phi) is 5.82. The van der Waals surface area contributed by atoms with Gasteiger partial charge in [-0.15, -0.1) is 0 Å². The highest BCUT2D eigenvalue weighted by Gasteiger charge is 2.39. The fraction of sp³-hybridized carbons (Fsp3) is 0.500. The number of halogens is 3. The number of carbonyl (C=O) groups excluding carboxylic acids is 3. The molecule has 0 aliphatic carbocycles. The molecule has 0 saturated carbocycles. The maximum absolute atomic E-state index is 12.6. The van der Waals surface area contributed by atoms with Gasteiger partial charge in [-0.3, -0.25) is 14.5 Å². The molecule has 1 aromatic carbocycles. The summed E-state index contributed by atoms with van der Waals surface area (Å²) in [6.45, 7) is 5.04. The normalized spacial score (nSPS) is 18.0. The van der Waals surface area contributed by atoms with E-state index < -0.39 is 41.3 Å². The monoisotopic (exact) mass is 386 g/mol. The van der Waals surface area contributed by atoms with Crippen LogP contribution in [0.3, 0.4) is 0 Å². The molecule has 0 aromatic heterocycles. The van der Waals surface area contributed by atoms with Gasteiger partial charge in [-0.2, -0.15) is 13.2 Å². The van der Waals surface area contributed by atoms with Crippen LogP contribution in [0.2, 0.25) is 0 Å². The van der Waals surface area contributed by atoms with Gasteiger partial charge in [0.1, 0.15) is 11.6 Å². The van der Waals surface area contributed by atoms with Gasteiger partial charge in [0.05, 0.1) is 12.0 Å². The number of ether oxygens (including phenoxy) is 1. The number of nitrogens with one attached hydrogen (secondary N) is 1. The van der Waals surface area contributed by atoms with E-state index >= 15 is 0 Å². The van der Waals surface area contributed by atoms with E-state index in [0.29, 0.717) is 5.56 Å². The van der Waals surface area contributed by atoms with Crippen LogP contribution in [0, 0.1) is 0 Å². The van der Waals surface area contributed by atoms with Crippen molar-refractivity contribution in [3.8, 4) is 0 Å². The van der Waals surface area contributed by atoms with E-state index in [1.165, 1.54) is 12.1 Å². The van der Waals surface area contributed by atoms with E-state index in [9.17, 15) is 27.6 Å². The van der Waals surface area contributed by atoms with Crippen molar-refractivity contribution in [3.63, 3.8) is 0 Å². The Bertz CT molecular complexity index is 724. The second-order valence-corrected chi connectivity index (χ2v) is 7.23. The Morgan fingerprint density at radius 2 is 1.78 bits per heavy atom. The molecular formula is C18H21F3N2O4. The standard InChI is InChI=1S/C18H21F3N2O4/c1-17(2,3)27-16(26)22-13-10-14(24)23(15(13)25)9-8-11-4-6-12(7-5-11)18(19,20)21/h4-7,13H,8-10H2,1-3H3,(H,22,26). The summed E-state index contributed by atoms with van der Waals surface area (Å²) in [4.78, 5) is 37.1. The smallest absolute Gasteiger partial charge is 0.416 e. The Hall–Kier alpha value is -2.58. The van der Waals surface area contributed by atoms with Crippen molar-refractivity contribution in [1.82, 2.24) is 10.2 Å². The fourth-order valence-electron chi connectivity index (χ4n) is 2.58. The molecule has 1 heterocycles. The molecule has 1 atom stereocenters. The van der Waals surface area contributed by atoms with Gasteiger partial charge in [-0.05, 0) is 44.9 Å². The molecule has 1 aliphatic heterocycles. The van der Waals surface area contributed by atoms with Gasteiger partial charge in [-0.1, -0.05) is 12.1 Å². The minimum absolute atomic E-state index is 0.0233. The molecule has 9 heteroatoms. The van der Waals surface area contributed by atoms with E-state index in [4.69, 9.17) is 4.74 Å². The average molecular weight is 386 g/mol. The van der Waals surface area contributed by atoms with Crippen molar-refractivity contribution in [2.24, 2.45) is 0 Å². The highest BCUT2D eigenvalue weighted by atomic mass is 19.4. The number of alkyl halides is 3. The third kappa shape index (κ3) is 5.70. The summed E-state index contributed by atoms with van der Waals surface area (Å²) in [5.41, 5.74) is -0.939. The largest absolute Gasteiger partial charge is 0.444 e. The zero-order valence-electron chi connectivity index (χ0n) is 15.2. The summed E-state index contributed by atoms with van der Waals surface area (Å²) in [5.74, 6) is -1.01. The fourth-order valence-corrected chi connectivity index (χ4v) is 2.58. The number of alkyl carbamates (subject to hydrolysis) is 1. The summed E-state index contributed by atoms with van der Waals surface area (Å²) >= 11 is 0. The van der Waals surface area contributed by atoms with E-state index in [0.717, 1.165) is 17.0 Å². The number of hydrogen-bond acceptors (Lipinski definition) is 4. The highest BCUT2D eigenvalue weighted by Crippen LogP contribution is 2.29. The van der Waals surface area contributed by atoms with Crippen molar-refractivity contribution in [2.75, 3.05) is 6.54 Å². The minimum Gasteiger partial charge on any atom is -0.444 e. The molecule has 148 valence electrons. The molecule has 1 aliphatic rings. The number of amides is 3. The number of rotatable bonds is 4. The maximum atomic E-state index is 12.6. The lowest BCUT2D eigenvalue weighted by Gasteiger charge is -2.21. The molecule has 1 fully saturated rings. The molecule has 1 N–H and O–H groups in total. The van der Waals surface area contributed by atoms with Crippen LogP contribution in [0.1, 0.15) is 38.3 Å². The third-order valence-corrected chi connectivity index (χ3v) is 3.84. The van der Waals surface area contributed by atoms with Gasteiger partial charge >= 0.3 is 12.3 Å². The van der Waals surface area contributed by atoms with Crippen LogP contribution in [0.15, 0.2) is 24.3 Å². The number of hydrogen-bond donors (Lipinski definition) is 1. The van der Waals surface area contributed by atoms with Gasteiger partial charge < -0.3 is 10.1 Å². The molecular weight excluding hydrogens is 365 g/mol. The van der Waals surface area contributed by atoms with Gasteiger partial charge in [0, 0.05) is 6.54 Å². The van der Waals surface area contributed by atoms with E-state index in [-0.39, 0.29) is 19.4 Å². The molecule has 1 saturated heterocycles. The van der Waals surface area contributed by atoms with Crippen molar-refractivity contribution in [1.29, 1.82) is 0 Å². The summed E-state index contributed by atoms with van der Waals surface area (Å²) in [6.07, 6.45) is -5.17. The first-order valence-corrected chi connectivity index (χ1v) is 8.37. The molecule has 3 amide bonds. The number of imide groups is 1. The molecule has 2 rings (SSSR count). The number of nitrogens with zero attached hydrogens (tertiary/aromatic N) is 1. The number of benzene rings is 1. The van der Waals surface area contributed by atoms with Gasteiger partial charge in [0.25, 0.3) is 5.91 Å². The van der Waals surface area contributed by atoms with Crippen molar-refractivity contribution in [2.45, 2.75) is 51.4 Å². The SMILES string of the molecule is CC(C)(C)OC(=O)NC1CC(=O)N(CCc2ccc(C(F)(F)F)cc2)C1=O. The maximum Gasteiger partial charge on any atom is 0.416 e. The molecule has 0 radical (unpaired) electrons. The zero-order valence-corrected chi connectivity index (χ0v) is 15.2. The molecule has 27 heavy (non-hydrogen) atoms. The Morgan fingerprint density at radius 3 is 2.30 bits per heavy atom. The second-order valence-electron chi connectivity index (χ2n) is 7.23. The van der Waals surface area contributed by atoms with Crippen LogP contribution >= 0.6 is 0 Å². The molecule has 0 bridgehead atoms. The Labute approximate surface area is 154 Å². The lowest BCUT2D eigenvalue weighted by atomic mass is 10.1. The first-order chi connectivity index (χ1) is 12.4. The van der Waals surface area contributed by atoms with Gasteiger partial charge in [0.15, 0.2) is 0 Å². The summed E-state index contributed by atoms with van der Waals surface area (Å²) in [7, 11) is 0. The quantitative estimate of drug-likeness (QED) is 0.808. The molecule has 1 unspecified atom stereocenters. The van der Waals surface area contributed by atoms with Crippen molar-refractivity contribution in [3.05, 3.63) is 35.4 Å². The third-order valence-electron chi connectivity index (χ3n) is 3.84. The van der Waals surface area contributed by atoms with Crippen LogP contribution in [0.25, 0.3) is 0 Å². The predicted octanol–water partition coefficient (Wildman–Crippen LogP) is 2.90. The van der Waals surface area contributed by atoms with Crippen LogP contribution in [-0.4, -0.2) is 41.0 Å². The Morgan fingerprint density at radius 1 is 1.19 bits per heavy atom. The first-order valence-electron chi connectivity index (χ1n) is 8.37. The van der Waals surface area contributed by atoms with Crippen LogP contribution in [0.4, 0.5) is 18.0 Å². The van der Waals surface area contributed by atoms with Crippen molar-refractivity contribution >= 4 is 17.9 Å². The second kappa shape index (κ2) is 7.58. The van der Waals surface area contributed by atoms with Crippen LogP contribution < -0.4 is 5.32 Å². The lowest BCUT2D eigenvalue weighted by Crippen LogP contribution is -2.44. The molecule has 0 spiro atoms. The summed E-state index contributed by atoms with van der Waals surface area (Å²) in [6, 6.07) is 3.53. The predicted molar refractivity (Wildman–Crippen MR) is 89.6 cm³/mol. The minimum atomic E-state index is -4.42. The van der Waals surface area contributed by atoms with Gasteiger partial charge in [-0.25, -0.2) is 4.79 Å².